The molecule has 0 saturated carbocycles. The average Bonchev–Trinajstić information content (AvgIpc) is 0.722. The van der Waals surface area contributed by atoms with E-state index in [1.807, 2.05) is 0 Å². The maximum atomic E-state index is 2.28. The first-order chi connectivity index (χ1) is 2.00. The third-order valence-electron chi connectivity index (χ3n) is 0.333. The average molecular weight is 124 g/mol. The fourth-order valence-electron chi connectivity index (χ4n) is 0.0833. The van der Waals surface area contributed by atoms with E-state index in [4.69, 9.17) is 0 Å². The molecule has 1 saturated heterocycles. The summed E-state index contributed by atoms with van der Waals surface area (Å²) in [6.07, 6.45) is 0. The maximum absolute atomic E-state index is 2.28. The van der Waals surface area contributed by atoms with E-state index >= 15 is 0 Å². The van der Waals surface area contributed by atoms with Gasteiger partial charge in [0.25, 0.3) is 0 Å². The lowest BCUT2D eigenvalue weighted by Crippen LogP contribution is -1.93. The second-order valence-electron chi connectivity index (χ2n) is 0.644. The zero-order chi connectivity index (χ0) is 2.83. The van der Waals surface area contributed by atoms with Crippen molar-refractivity contribution in [3.8, 4) is 0 Å². The Labute approximate surface area is 37.3 Å². The molecular weight excluding hydrogens is 120 g/mol. The summed E-state index contributed by atoms with van der Waals surface area (Å²) in [5.74, 6) is 0. The van der Waals surface area contributed by atoms with Gasteiger partial charge in [0.05, 0.1) is 0 Å². The molecule has 1 fully saturated rings. The standard InChI is InChI=1S/H4S2Si2/c1-3-2-4-1/h3-4H2. The number of rotatable bonds is 0. The maximum Gasteiger partial charge on any atom is 0.133 e. The highest BCUT2D eigenvalue weighted by Crippen LogP contribution is 2.20. The Kier molecular flexibility index (Phi) is 1.28. The Morgan fingerprint density at radius 3 is 1.25 bits per heavy atom. The van der Waals surface area contributed by atoms with Crippen LogP contribution in [0.4, 0.5) is 0 Å². The van der Waals surface area contributed by atoms with Crippen molar-refractivity contribution in [2.45, 2.75) is 0 Å². The SMILES string of the molecule is [SiH2]1S[SiH2]S1. The predicted octanol–water partition coefficient (Wildman–Crippen LogP) is -0.536. The minimum absolute atomic E-state index is 0.500. The van der Waals surface area contributed by atoms with Crippen molar-refractivity contribution < 1.29 is 0 Å². The van der Waals surface area contributed by atoms with Gasteiger partial charge in [-0.25, -0.2) is 0 Å². The van der Waals surface area contributed by atoms with E-state index < -0.39 is 0 Å². The van der Waals surface area contributed by atoms with E-state index in [0.29, 0.717) is 15.6 Å². The Morgan fingerprint density at radius 2 is 1.25 bits per heavy atom. The summed E-state index contributed by atoms with van der Waals surface area (Å²) in [6.45, 7) is 0. The first kappa shape index (κ1) is 3.33. The summed E-state index contributed by atoms with van der Waals surface area (Å²) in [4.78, 5) is 0. The molecule has 0 unspecified atom stereocenters. The van der Waals surface area contributed by atoms with Crippen LogP contribution < -0.4 is 0 Å². The normalized spacial score (nSPS) is 36.0. The van der Waals surface area contributed by atoms with Gasteiger partial charge in [-0.2, -0.15) is 21.3 Å². The molecule has 0 aromatic rings. The van der Waals surface area contributed by atoms with Crippen molar-refractivity contribution in [1.82, 2.24) is 0 Å². The Hall–Kier alpha value is 1.13. The number of hydrogen-bond acceptors (Lipinski definition) is 2. The lowest BCUT2D eigenvalue weighted by molar-refractivity contribution is 4.47. The van der Waals surface area contributed by atoms with Crippen LogP contribution in [0.15, 0.2) is 0 Å². The van der Waals surface area contributed by atoms with E-state index in [9.17, 15) is 0 Å². The molecule has 4 heteroatoms. The largest absolute Gasteiger partial charge is 0.197 e. The van der Waals surface area contributed by atoms with E-state index in [1.54, 1.807) is 0 Å². The minimum atomic E-state index is 0.500. The third-order valence-corrected chi connectivity index (χ3v) is 27.0. The van der Waals surface area contributed by atoms with Gasteiger partial charge in [-0.1, -0.05) is 0 Å². The first-order valence-corrected chi connectivity index (χ1v) is 10.4. The van der Waals surface area contributed by atoms with Gasteiger partial charge in [-0.15, -0.1) is 0 Å². The van der Waals surface area contributed by atoms with Crippen molar-refractivity contribution in [1.29, 1.82) is 0 Å². The predicted molar refractivity (Wildman–Crippen MR) is 32.3 cm³/mol. The zero-order valence-corrected chi connectivity index (χ0v) is 6.69. The summed E-state index contributed by atoms with van der Waals surface area (Å²) in [5.41, 5.74) is 0. The van der Waals surface area contributed by atoms with E-state index in [2.05, 4.69) is 21.3 Å². The topological polar surface area (TPSA) is 0 Å². The number of hydrogen-bond donors (Lipinski definition) is 0. The molecule has 24 valence electrons. The van der Waals surface area contributed by atoms with Crippen LogP contribution in [0.25, 0.3) is 0 Å². The molecule has 0 N–H and O–H groups in total. The molecule has 0 bridgehead atoms. The van der Waals surface area contributed by atoms with Gasteiger partial charge in [0, 0.05) is 0 Å². The molecule has 0 spiro atoms. The first-order valence-electron chi connectivity index (χ1n) is 1.15. The molecule has 0 atom stereocenters. The van der Waals surface area contributed by atoms with Gasteiger partial charge in [0.2, 0.25) is 0 Å². The van der Waals surface area contributed by atoms with E-state index in [0.717, 1.165) is 0 Å². The molecule has 1 heterocycles. The van der Waals surface area contributed by atoms with Crippen molar-refractivity contribution in [2.75, 3.05) is 0 Å². The van der Waals surface area contributed by atoms with Gasteiger partial charge in [-0.05, 0) is 0 Å². The van der Waals surface area contributed by atoms with Crippen molar-refractivity contribution >= 4 is 37.0 Å². The summed E-state index contributed by atoms with van der Waals surface area (Å²) < 4.78 is 0. The van der Waals surface area contributed by atoms with Crippen LogP contribution in [0.3, 0.4) is 0 Å². The molecule has 0 aromatic carbocycles. The van der Waals surface area contributed by atoms with Crippen LogP contribution in [0.5, 0.6) is 0 Å². The van der Waals surface area contributed by atoms with Crippen LogP contribution >= 0.6 is 21.3 Å². The molecule has 0 aliphatic carbocycles. The highest BCUT2D eigenvalue weighted by Gasteiger charge is 1.98. The molecule has 1 aliphatic rings. The van der Waals surface area contributed by atoms with Crippen LogP contribution in [0.1, 0.15) is 0 Å². The summed E-state index contributed by atoms with van der Waals surface area (Å²) >= 11 is 0. The Balaban J connectivity index is 2.00. The zero-order valence-electron chi connectivity index (χ0n) is 2.23. The van der Waals surface area contributed by atoms with Crippen molar-refractivity contribution in [3.05, 3.63) is 0 Å². The van der Waals surface area contributed by atoms with Crippen molar-refractivity contribution in [2.24, 2.45) is 0 Å². The fourth-order valence-corrected chi connectivity index (χ4v) is 6.75. The smallest absolute Gasteiger partial charge is 0.133 e. The molecule has 0 amide bonds. The second-order valence-corrected chi connectivity index (χ2v) is 17.4. The van der Waals surface area contributed by atoms with E-state index in [1.165, 1.54) is 0 Å². The Bertz CT molecular complexity index is 12.0. The molecule has 0 nitrogen and oxygen atoms in total. The monoisotopic (exact) mass is 124 g/mol. The molecule has 0 radical (unpaired) electrons. The van der Waals surface area contributed by atoms with Crippen molar-refractivity contribution in [3.63, 3.8) is 0 Å². The quantitative estimate of drug-likeness (QED) is 0.398. The second kappa shape index (κ2) is 1.54. The highest BCUT2D eigenvalue weighted by molar-refractivity contribution is 8.87. The van der Waals surface area contributed by atoms with Gasteiger partial charge in [0.15, 0.2) is 0 Å². The van der Waals surface area contributed by atoms with Gasteiger partial charge >= 0.3 is 0 Å². The van der Waals surface area contributed by atoms with Gasteiger partial charge < -0.3 is 0 Å². The third kappa shape index (κ3) is 0.541. The molecule has 1 aliphatic heterocycles. The Morgan fingerprint density at radius 1 is 1.00 bits per heavy atom. The van der Waals surface area contributed by atoms with Crippen LogP contribution in [0.2, 0.25) is 0 Å². The summed E-state index contributed by atoms with van der Waals surface area (Å²) in [7, 11) is 5.56. The van der Waals surface area contributed by atoms with Crippen LogP contribution in [0, 0.1) is 0 Å². The molecule has 0 aromatic heterocycles. The molecular formula is H4S2Si2. The fraction of sp³-hybridized carbons (Fsp3) is 0. The highest BCUT2D eigenvalue weighted by atomic mass is 32.9. The molecule has 4 heavy (non-hydrogen) atoms. The lowest BCUT2D eigenvalue weighted by Gasteiger charge is -2.04. The van der Waals surface area contributed by atoms with Crippen LogP contribution in [-0.2, 0) is 0 Å². The lowest BCUT2D eigenvalue weighted by atomic mass is 27.3. The minimum Gasteiger partial charge on any atom is -0.197 e. The summed E-state index contributed by atoms with van der Waals surface area (Å²) in [6, 6.07) is 0. The van der Waals surface area contributed by atoms with Crippen LogP contribution in [-0.4, -0.2) is 15.6 Å². The van der Waals surface area contributed by atoms with E-state index in [-0.39, 0.29) is 0 Å². The summed E-state index contributed by atoms with van der Waals surface area (Å²) in [5, 5.41) is 0. The van der Waals surface area contributed by atoms with Gasteiger partial charge in [0.1, 0.15) is 15.6 Å². The van der Waals surface area contributed by atoms with Gasteiger partial charge in [-0.3, -0.25) is 0 Å². The molecule has 1 rings (SSSR count).